The Morgan fingerprint density at radius 2 is 2.22 bits per heavy atom. The smallest absolute Gasteiger partial charge is 0.320 e. The van der Waals surface area contributed by atoms with Crippen LogP contribution in [0.2, 0.25) is 0 Å². The van der Waals surface area contributed by atoms with Crippen molar-refractivity contribution in [3.63, 3.8) is 0 Å². The van der Waals surface area contributed by atoms with E-state index in [1.165, 1.54) is 0 Å². The molecule has 3 heterocycles. The molecule has 0 amide bonds. The second-order valence-electron chi connectivity index (χ2n) is 5.11. The van der Waals surface area contributed by atoms with Gasteiger partial charge in [0.25, 0.3) is 0 Å². The minimum absolute atomic E-state index is 0.0453. The van der Waals surface area contributed by atoms with Crippen LogP contribution in [0, 0.1) is 0 Å². The van der Waals surface area contributed by atoms with Crippen LogP contribution in [-0.2, 0) is 4.74 Å². The lowest BCUT2D eigenvalue weighted by atomic mass is 10.1. The van der Waals surface area contributed by atoms with Gasteiger partial charge in [-0.15, -0.1) is 0 Å². The largest absolute Gasteiger partial charge is 0.394 e. The van der Waals surface area contributed by atoms with Gasteiger partial charge in [0.05, 0.1) is 12.9 Å². The Balaban J connectivity index is 2.10. The number of alkyl halides is 2. The molecule has 5 N–H and O–H groups in total. The van der Waals surface area contributed by atoms with E-state index in [9.17, 15) is 13.9 Å². The van der Waals surface area contributed by atoms with Crippen LogP contribution < -0.4 is 11.1 Å². The Morgan fingerprint density at radius 1 is 1.48 bits per heavy atom. The first-order valence-corrected chi connectivity index (χ1v) is 6.96. The van der Waals surface area contributed by atoms with Gasteiger partial charge in [-0.05, 0) is 6.92 Å². The number of nitrogens with two attached hydrogens (primary N) is 1. The van der Waals surface area contributed by atoms with Crippen LogP contribution in [0.4, 0.5) is 20.5 Å². The van der Waals surface area contributed by atoms with Crippen molar-refractivity contribution in [2.45, 2.75) is 31.3 Å². The SMILES string of the molecule is CCNc1nc(N)nc2c1ncn2[C@@H]1O[C@H](CO)C(O)C1(F)F. The Bertz CT molecular complexity index is 724. The predicted octanol–water partition coefficient (Wildman–Crippen LogP) is -0.274. The van der Waals surface area contributed by atoms with E-state index in [-0.39, 0.29) is 17.1 Å². The summed E-state index contributed by atoms with van der Waals surface area (Å²) in [4.78, 5) is 11.9. The van der Waals surface area contributed by atoms with Crippen LogP contribution >= 0.6 is 0 Å². The summed E-state index contributed by atoms with van der Waals surface area (Å²) < 4.78 is 34.6. The van der Waals surface area contributed by atoms with E-state index in [1.807, 2.05) is 6.92 Å². The Labute approximate surface area is 129 Å². The molecule has 2 aromatic heterocycles. The molecule has 1 aliphatic heterocycles. The highest BCUT2D eigenvalue weighted by Gasteiger charge is 2.59. The Morgan fingerprint density at radius 3 is 2.83 bits per heavy atom. The number of aromatic nitrogens is 4. The highest BCUT2D eigenvalue weighted by atomic mass is 19.3. The summed E-state index contributed by atoms with van der Waals surface area (Å²) in [6.07, 6.45) is -4.28. The minimum Gasteiger partial charge on any atom is -0.394 e. The van der Waals surface area contributed by atoms with Crippen molar-refractivity contribution in [1.82, 2.24) is 19.5 Å². The molecule has 9 nitrogen and oxygen atoms in total. The summed E-state index contributed by atoms with van der Waals surface area (Å²) >= 11 is 0. The second kappa shape index (κ2) is 5.51. The van der Waals surface area contributed by atoms with E-state index < -0.39 is 31.0 Å². The van der Waals surface area contributed by atoms with E-state index >= 15 is 0 Å². The molecule has 1 fully saturated rings. The molecule has 0 bridgehead atoms. The maximum absolute atomic E-state index is 14.3. The number of aliphatic hydroxyl groups excluding tert-OH is 2. The third-order valence-electron chi connectivity index (χ3n) is 3.59. The lowest BCUT2D eigenvalue weighted by Gasteiger charge is -2.20. The fourth-order valence-corrected chi connectivity index (χ4v) is 2.51. The van der Waals surface area contributed by atoms with Gasteiger partial charge in [0, 0.05) is 6.54 Å². The lowest BCUT2D eigenvalue weighted by molar-refractivity contribution is -0.138. The fraction of sp³-hybridized carbons (Fsp3) is 0.583. The first kappa shape index (κ1) is 15.8. The van der Waals surface area contributed by atoms with Crippen molar-refractivity contribution in [1.29, 1.82) is 0 Å². The maximum Gasteiger partial charge on any atom is 0.320 e. The summed E-state index contributed by atoms with van der Waals surface area (Å²) in [7, 11) is 0. The van der Waals surface area contributed by atoms with Crippen LogP contribution in [0.5, 0.6) is 0 Å². The fourth-order valence-electron chi connectivity index (χ4n) is 2.51. The zero-order chi connectivity index (χ0) is 16.8. The number of aliphatic hydroxyl groups is 2. The van der Waals surface area contributed by atoms with Crippen LogP contribution in [0.15, 0.2) is 6.33 Å². The average Bonchev–Trinajstić information content (AvgIpc) is 3.00. The molecular formula is C12H16F2N6O3. The van der Waals surface area contributed by atoms with Crippen LogP contribution in [0.1, 0.15) is 13.2 Å². The molecule has 11 heteroatoms. The molecule has 0 saturated carbocycles. The summed E-state index contributed by atoms with van der Waals surface area (Å²) in [6.45, 7) is 1.62. The number of ether oxygens (including phenoxy) is 1. The molecule has 0 radical (unpaired) electrons. The van der Waals surface area contributed by atoms with Gasteiger partial charge in [-0.3, -0.25) is 4.57 Å². The Kier molecular flexibility index (Phi) is 3.78. The monoisotopic (exact) mass is 330 g/mol. The first-order chi connectivity index (χ1) is 10.9. The first-order valence-electron chi connectivity index (χ1n) is 6.96. The predicted molar refractivity (Wildman–Crippen MR) is 75.8 cm³/mol. The van der Waals surface area contributed by atoms with Crippen molar-refractivity contribution < 1.29 is 23.7 Å². The van der Waals surface area contributed by atoms with Crippen LogP contribution in [-0.4, -0.2) is 61.0 Å². The number of anilines is 2. The van der Waals surface area contributed by atoms with Crippen molar-refractivity contribution in [2.24, 2.45) is 0 Å². The van der Waals surface area contributed by atoms with E-state index in [0.717, 1.165) is 10.9 Å². The number of fused-ring (bicyclic) bond motifs is 1. The van der Waals surface area contributed by atoms with Gasteiger partial charge in [0.2, 0.25) is 12.2 Å². The zero-order valence-corrected chi connectivity index (χ0v) is 12.1. The third kappa shape index (κ3) is 2.36. The van der Waals surface area contributed by atoms with Crippen LogP contribution in [0.25, 0.3) is 11.2 Å². The highest BCUT2D eigenvalue weighted by Crippen LogP contribution is 2.43. The molecule has 3 rings (SSSR count). The number of hydrogen-bond acceptors (Lipinski definition) is 8. The van der Waals surface area contributed by atoms with Crippen molar-refractivity contribution in [2.75, 3.05) is 24.2 Å². The Hall–Kier alpha value is -2.11. The van der Waals surface area contributed by atoms with E-state index in [0.29, 0.717) is 12.4 Å². The van der Waals surface area contributed by atoms with Crippen LogP contribution in [0.3, 0.4) is 0 Å². The molecule has 1 aliphatic rings. The van der Waals surface area contributed by atoms with Gasteiger partial charge >= 0.3 is 5.92 Å². The van der Waals surface area contributed by atoms with Gasteiger partial charge in [0.1, 0.15) is 6.10 Å². The summed E-state index contributed by atoms with van der Waals surface area (Å²) in [5.74, 6) is -3.43. The molecule has 0 aliphatic carbocycles. The molecule has 23 heavy (non-hydrogen) atoms. The normalized spacial score (nSPS) is 26.7. The number of nitrogen functional groups attached to an aromatic ring is 1. The summed E-state index contributed by atoms with van der Waals surface area (Å²) in [5.41, 5.74) is 5.91. The maximum atomic E-state index is 14.3. The van der Waals surface area contributed by atoms with Crippen molar-refractivity contribution in [3.05, 3.63) is 6.33 Å². The molecular weight excluding hydrogens is 314 g/mol. The van der Waals surface area contributed by atoms with Crippen molar-refractivity contribution in [3.8, 4) is 0 Å². The number of rotatable bonds is 4. The quantitative estimate of drug-likeness (QED) is 0.602. The van der Waals surface area contributed by atoms with Gasteiger partial charge in [-0.2, -0.15) is 18.7 Å². The third-order valence-corrected chi connectivity index (χ3v) is 3.59. The van der Waals surface area contributed by atoms with Gasteiger partial charge in [0.15, 0.2) is 23.1 Å². The van der Waals surface area contributed by atoms with Gasteiger partial charge in [-0.1, -0.05) is 0 Å². The lowest BCUT2D eigenvalue weighted by Crippen LogP contribution is -2.39. The van der Waals surface area contributed by atoms with E-state index in [4.69, 9.17) is 15.6 Å². The molecule has 3 atom stereocenters. The molecule has 2 aromatic rings. The molecule has 0 spiro atoms. The highest BCUT2D eigenvalue weighted by molar-refractivity contribution is 5.84. The molecule has 1 unspecified atom stereocenters. The van der Waals surface area contributed by atoms with Crippen molar-refractivity contribution >= 4 is 22.9 Å². The summed E-state index contributed by atoms with van der Waals surface area (Å²) in [5, 5.41) is 21.6. The number of nitrogens with zero attached hydrogens (tertiary/aromatic N) is 4. The zero-order valence-electron chi connectivity index (χ0n) is 12.1. The standard InChI is InChI=1S/C12H16F2N6O3/c1-2-16-8-6-9(19-11(15)18-8)20(4-17-6)10-12(13,14)7(22)5(3-21)23-10/h4-5,7,10,21-22H,2-3H2,1H3,(H3,15,16,18,19)/t5-,7?,10-/m1/s1. The molecule has 0 aromatic carbocycles. The van der Waals surface area contributed by atoms with Gasteiger partial charge in [-0.25, -0.2) is 4.98 Å². The summed E-state index contributed by atoms with van der Waals surface area (Å²) in [6, 6.07) is 0. The van der Waals surface area contributed by atoms with E-state index in [1.54, 1.807) is 0 Å². The number of hydrogen-bond donors (Lipinski definition) is 4. The number of nitrogens with one attached hydrogen (secondary N) is 1. The average molecular weight is 330 g/mol. The number of imidazole rings is 1. The molecule has 1 saturated heterocycles. The minimum atomic E-state index is -3.63. The van der Waals surface area contributed by atoms with E-state index in [2.05, 4.69) is 20.3 Å². The number of halogens is 2. The van der Waals surface area contributed by atoms with Gasteiger partial charge < -0.3 is 26.0 Å². The molecule has 126 valence electrons. The second-order valence-corrected chi connectivity index (χ2v) is 5.11. The topological polar surface area (TPSA) is 131 Å².